The summed E-state index contributed by atoms with van der Waals surface area (Å²) in [6.45, 7) is 0.758. The van der Waals surface area contributed by atoms with Crippen molar-refractivity contribution in [2.24, 2.45) is 11.3 Å². The van der Waals surface area contributed by atoms with Gasteiger partial charge in [-0.3, -0.25) is 4.79 Å². The van der Waals surface area contributed by atoms with E-state index in [4.69, 9.17) is 4.74 Å². The number of hydrogen-bond acceptors (Lipinski definition) is 4. The highest BCUT2D eigenvalue weighted by Crippen LogP contribution is 2.49. The maximum atomic E-state index is 12.0. The van der Waals surface area contributed by atoms with Crippen LogP contribution in [0.4, 0.5) is 0 Å². The molecule has 4 nitrogen and oxygen atoms in total. The fraction of sp³-hybridized carbons (Fsp3) is 0.750. The number of piperidine rings is 1. The van der Waals surface area contributed by atoms with E-state index in [1.165, 1.54) is 7.11 Å². The summed E-state index contributed by atoms with van der Waals surface area (Å²) in [7, 11) is 1.39. The van der Waals surface area contributed by atoms with Gasteiger partial charge in [-0.25, -0.2) is 4.79 Å². The van der Waals surface area contributed by atoms with Crippen LogP contribution in [-0.4, -0.2) is 25.6 Å². The third-order valence-electron chi connectivity index (χ3n) is 3.96. The quantitative estimate of drug-likeness (QED) is 0.533. The summed E-state index contributed by atoms with van der Waals surface area (Å²) in [6, 6.07) is 0. The second-order valence-electron chi connectivity index (χ2n) is 4.60. The third-order valence-corrected chi connectivity index (χ3v) is 3.96. The monoisotopic (exact) mass is 223 g/mol. The van der Waals surface area contributed by atoms with E-state index in [2.05, 4.69) is 5.32 Å². The molecule has 1 aliphatic carbocycles. The number of methoxy groups -OCH3 is 1. The fourth-order valence-corrected chi connectivity index (χ4v) is 3.17. The van der Waals surface area contributed by atoms with Crippen molar-refractivity contribution < 1.29 is 14.3 Å². The molecule has 2 aliphatic rings. The van der Waals surface area contributed by atoms with Gasteiger partial charge in [0.25, 0.3) is 0 Å². The molecule has 1 N–H and O–H groups in total. The van der Waals surface area contributed by atoms with Crippen molar-refractivity contribution in [3.05, 3.63) is 5.70 Å². The molecule has 4 heteroatoms. The molecule has 0 radical (unpaired) electrons. The highest BCUT2D eigenvalue weighted by molar-refractivity contribution is 5.84. The molecule has 0 amide bonds. The SMILES string of the molecule is COC(=O)C12CCCCC1CCNC2=C=O. The minimum absolute atomic E-state index is 0.242. The Balaban J connectivity index is 2.43. The lowest BCUT2D eigenvalue weighted by Crippen LogP contribution is -2.51. The van der Waals surface area contributed by atoms with Crippen molar-refractivity contribution in [1.29, 1.82) is 0 Å². The highest BCUT2D eigenvalue weighted by atomic mass is 16.5. The minimum atomic E-state index is -0.729. The Morgan fingerprint density at radius 2 is 2.31 bits per heavy atom. The molecule has 0 bridgehead atoms. The normalized spacial score (nSPS) is 33.3. The maximum Gasteiger partial charge on any atom is 0.318 e. The van der Waals surface area contributed by atoms with Crippen LogP contribution < -0.4 is 5.32 Å². The van der Waals surface area contributed by atoms with Gasteiger partial charge in [-0.1, -0.05) is 12.8 Å². The molecule has 2 unspecified atom stereocenters. The van der Waals surface area contributed by atoms with Gasteiger partial charge < -0.3 is 10.1 Å². The van der Waals surface area contributed by atoms with Crippen LogP contribution in [0.3, 0.4) is 0 Å². The number of carbonyl (C=O) groups is 1. The van der Waals surface area contributed by atoms with E-state index in [9.17, 15) is 9.59 Å². The van der Waals surface area contributed by atoms with Crippen molar-refractivity contribution in [3.63, 3.8) is 0 Å². The molecule has 2 rings (SSSR count). The largest absolute Gasteiger partial charge is 0.468 e. The van der Waals surface area contributed by atoms with E-state index in [-0.39, 0.29) is 11.9 Å². The van der Waals surface area contributed by atoms with E-state index >= 15 is 0 Å². The Bertz CT molecular complexity index is 344. The topological polar surface area (TPSA) is 55.4 Å². The molecule has 0 aromatic heterocycles. The van der Waals surface area contributed by atoms with Crippen LogP contribution in [0.5, 0.6) is 0 Å². The summed E-state index contributed by atoms with van der Waals surface area (Å²) in [6.07, 6.45) is 4.75. The van der Waals surface area contributed by atoms with E-state index in [0.717, 1.165) is 32.2 Å². The fourth-order valence-electron chi connectivity index (χ4n) is 3.17. The molecule has 0 aromatic rings. The number of rotatable bonds is 1. The number of hydrogen-bond donors (Lipinski definition) is 1. The first-order valence-corrected chi connectivity index (χ1v) is 5.83. The van der Waals surface area contributed by atoms with Crippen LogP contribution in [-0.2, 0) is 14.3 Å². The summed E-state index contributed by atoms with van der Waals surface area (Å²) in [4.78, 5) is 23.0. The van der Waals surface area contributed by atoms with Crippen LogP contribution in [0.1, 0.15) is 32.1 Å². The number of esters is 1. The third kappa shape index (κ3) is 1.45. The Kier molecular flexibility index (Phi) is 3.01. The Hall–Kier alpha value is -1.28. The van der Waals surface area contributed by atoms with Crippen molar-refractivity contribution in [2.75, 3.05) is 13.7 Å². The van der Waals surface area contributed by atoms with Crippen LogP contribution in [0.25, 0.3) is 0 Å². The summed E-state index contributed by atoms with van der Waals surface area (Å²) in [5.74, 6) is 1.88. The number of carbonyl (C=O) groups excluding carboxylic acids is 2. The average molecular weight is 223 g/mol. The zero-order chi connectivity index (χ0) is 11.6. The molecule has 0 spiro atoms. The molecule has 2 fully saturated rings. The number of fused-ring (bicyclic) bond motifs is 1. The Labute approximate surface area is 95.0 Å². The minimum Gasteiger partial charge on any atom is -0.468 e. The van der Waals surface area contributed by atoms with Gasteiger partial charge in [0.05, 0.1) is 7.11 Å². The van der Waals surface area contributed by atoms with E-state index in [0.29, 0.717) is 12.1 Å². The molecule has 1 aliphatic heterocycles. The molecule has 0 aromatic carbocycles. The lowest BCUT2D eigenvalue weighted by Gasteiger charge is -2.45. The van der Waals surface area contributed by atoms with Gasteiger partial charge in [0.2, 0.25) is 0 Å². The first kappa shape index (κ1) is 11.2. The van der Waals surface area contributed by atoms with Crippen LogP contribution in [0.2, 0.25) is 0 Å². The van der Waals surface area contributed by atoms with Crippen molar-refractivity contribution >= 4 is 11.9 Å². The van der Waals surface area contributed by atoms with Crippen molar-refractivity contribution in [1.82, 2.24) is 5.32 Å². The molecule has 1 saturated heterocycles. The lowest BCUT2D eigenvalue weighted by atomic mass is 9.61. The van der Waals surface area contributed by atoms with Crippen LogP contribution in [0.15, 0.2) is 5.70 Å². The van der Waals surface area contributed by atoms with E-state index < -0.39 is 5.41 Å². The van der Waals surface area contributed by atoms with Crippen molar-refractivity contribution in [3.8, 4) is 0 Å². The van der Waals surface area contributed by atoms with Crippen molar-refractivity contribution in [2.45, 2.75) is 32.1 Å². The summed E-state index contributed by atoms with van der Waals surface area (Å²) >= 11 is 0. The van der Waals surface area contributed by atoms with Gasteiger partial charge >= 0.3 is 5.97 Å². The Morgan fingerprint density at radius 1 is 1.50 bits per heavy atom. The van der Waals surface area contributed by atoms with Gasteiger partial charge in [0, 0.05) is 6.54 Å². The van der Waals surface area contributed by atoms with Gasteiger partial charge in [0.15, 0.2) is 0 Å². The molecular weight excluding hydrogens is 206 g/mol. The molecule has 1 saturated carbocycles. The van der Waals surface area contributed by atoms with E-state index in [1.54, 1.807) is 0 Å². The van der Waals surface area contributed by atoms with Gasteiger partial charge in [-0.15, -0.1) is 0 Å². The molecule has 2 atom stereocenters. The first-order chi connectivity index (χ1) is 7.75. The predicted molar refractivity (Wildman–Crippen MR) is 58.2 cm³/mol. The summed E-state index contributed by atoms with van der Waals surface area (Å²) in [5.41, 5.74) is -0.317. The highest BCUT2D eigenvalue weighted by Gasteiger charge is 2.53. The smallest absolute Gasteiger partial charge is 0.318 e. The summed E-state index contributed by atoms with van der Waals surface area (Å²) < 4.78 is 4.90. The molecule has 1 heterocycles. The molecule has 88 valence electrons. The molecule has 16 heavy (non-hydrogen) atoms. The van der Waals surface area contributed by atoms with Crippen LogP contribution in [0, 0.1) is 11.3 Å². The predicted octanol–water partition coefficient (Wildman–Crippen LogP) is 1.04. The molecular formula is C12H17NO3. The number of nitrogens with one attached hydrogen (secondary N) is 1. The first-order valence-electron chi connectivity index (χ1n) is 5.83. The lowest BCUT2D eigenvalue weighted by molar-refractivity contribution is -0.157. The average Bonchev–Trinajstić information content (AvgIpc) is 2.36. The van der Waals surface area contributed by atoms with Crippen LogP contribution >= 0.6 is 0 Å². The Morgan fingerprint density at radius 3 is 3.00 bits per heavy atom. The summed E-state index contributed by atoms with van der Waals surface area (Å²) in [5, 5.41) is 3.02. The van der Waals surface area contributed by atoms with Gasteiger partial charge in [0.1, 0.15) is 17.1 Å². The van der Waals surface area contributed by atoms with Gasteiger partial charge in [-0.05, 0) is 25.2 Å². The number of ether oxygens (including phenoxy) is 1. The second-order valence-corrected chi connectivity index (χ2v) is 4.60. The second kappa shape index (κ2) is 4.30. The van der Waals surface area contributed by atoms with E-state index in [1.807, 2.05) is 5.94 Å². The van der Waals surface area contributed by atoms with Gasteiger partial charge in [-0.2, -0.15) is 0 Å². The maximum absolute atomic E-state index is 12.0. The zero-order valence-corrected chi connectivity index (χ0v) is 9.54. The zero-order valence-electron chi connectivity index (χ0n) is 9.54. The standard InChI is InChI=1S/C12H17NO3/c1-16-11(15)12-6-3-2-4-9(12)5-7-13-10(12)8-14/h9,13H,2-7H2,1H3.